The Morgan fingerprint density at radius 3 is 1.67 bits per heavy atom. The Hall–Kier alpha value is 0.840. The van der Waals surface area contributed by atoms with Crippen molar-refractivity contribution in [3.8, 4) is 0 Å². The summed E-state index contributed by atoms with van der Waals surface area (Å²) in [5, 5.41) is -0.639. The van der Waals surface area contributed by atoms with Crippen LogP contribution in [0.5, 0.6) is 0 Å². The lowest BCUT2D eigenvalue weighted by atomic mass is 11.5. The molecule has 0 atom stereocenters. The Morgan fingerprint density at radius 1 is 1.67 bits per heavy atom. The third kappa shape index (κ3) is 101. The summed E-state index contributed by atoms with van der Waals surface area (Å²) in [4.78, 5) is 9.09. The number of halogens is 2. The molecule has 0 saturated carbocycles. The molecule has 0 aromatic carbocycles. The average molecular weight is 241 g/mol. The van der Waals surface area contributed by atoms with Gasteiger partial charge >= 0.3 is 0 Å². The Bertz CT molecular complexity index is 38.5. The van der Waals surface area contributed by atoms with Gasteiger partial charge in [-0.05, 0) is 0 Å². The number of primary amides is 1. The van der Waals surface area contributed by atoms with Crippen molar-refractivity contribution in [3.05, 3.63) is 0 Å². The summed E-state index contributed by atoms with van der Waals surface area (Å²) in [5.41, 5.74) is 4.34. The fraction of sp³-hybridized carbons (Fsp3) is 0. The Labute approximate surface area is 64.7 Å². The summed E-state index contributed by atoms with van der Waals surface area (Å²) < 4.78 is 0. The van der Waals surface area contributed by atoms with Gasteiger partial charge in [-0.2, -0.15) is 0 Å². The van der Waals surface area contributed by atoms with Crippen LogP contribution in [-0.4, -0.2) is 5.24 Å². The van der Waals surface area contributed by atoms with Gasteiger partial charge in [0.15, 0.2) is 0 Å². The van der Waals surface area contributed by atoms with Crippen molar-refractivity contribution >= 4 is 54.3 Å². The number of amides is 1. The van der Waals surface area contributed by atoms with Crippen LogP contribution in [-0.2, 0) is 0 Å². The second kappa shape index (κ2) is 9.28. The van der Waals surface area contributed by atoms with Crippen LogP contribution in [0.4, 0.5) is 4.79 Å². The highest BCUT2D eigenvalue weighted by Gasteiger charge is 1.63. The molecule has 0 aliphatic carbocycles. The highest BCUT2D eigenvalue weighted by Crippen LogP contribution is 1.60. The molecule has 0 unspecified atom stereocenters. The van der Waals surface area contributed by atoms with Gasteiger partial charge in [-0.15, -0.1) is 36.4 Å². The van der Waals surface area contributed by atoms with E-state index in [1.165, 1.54) is 0 Å². The fourth-order valence-electron chi connectivity index (χ4n) is 0. The number of nitrogens with two attached hydrogens (primary N) is 1. The number of carbonyl (C=O) groups is 1. The molecular weight excluding hydrogens is 236 g/mol. The topological polar surface area (TPSA) is 43.1 Å². The van der Waals surface area contributed by atoms with Crippen molar-refractivity contribution in [2.75, 3.05) is 0 Å². The normalized spacial score (nSPS) is 4.17. The summed E-state index contributed by atoms with van der Waals surface area (Å²) in [6.07, 6.45) is 0. The van der Waals surface area contributed by atoms with Crippen LogP contribution in [0.1, 0.15) is 0 Å². The zero-order valence-corrected chi connectivity index (χ0v) is 6.79. The van der Waals surface area contributed by atoms with Gasteiger partial charge in [0.2, 0.25) is 0 Å². The summed E-state index contributed by atoms with van der Waals surface area (Å²) in [7, 11) is 0. The molecule has 0 fully saturated rings. The van der Waals surface area contributed by atoms with Crippen molar-refractivity contribution in [2.24, 2.45) is 5.73 Å². The van der Waals surface area contributed by atoms with Crippen LogP contribution >= 0.6 is 49.0 Å². The first-order chi connectivity index (χ1) is 1.73. The summed E-state index contributed by atoms with van der Waals surface area (Å²) >= 11 is 3.10. The Balaban J connectivity index is -0.0000000450. The molecule has 1 amide bonds. The van der Waals surface area contributed by atoms with Gasteiger partial charge in [0, 0.05) is 0 Å². The van der Waals surface area contributed by atoms with Crippen LogP contribution < -0.4 is 5.73 Å². The third-order valence-corrected chi connectivity index (χ3v) is 0. The van der Waals surface area contributed by atoms with Gasteiger partial charge in [0.25, 0.3) is 5.24 Å². The summed E-state index contributed by atoms with van der Waals surface area (Å²) in [6.45, 7) is 0. The molecule has 0 aliphatic heterocycles. The first-order valence-corrected chi connectivity index (χ1v) is 1.16. The Morgan fingerprint density at radius 2 is 1.67 bits per heavy atom. The maximum Gasteiger partial charge on any atom is 0.273 e. The van der Waals surface area contributed by atoms with Crippen molar-refractivity contribution in [1.29, 1.82) is 0 Å². The second-order valence-corrected chi connectivity index (χ2v) is 0.779. The number of thiol groups is 1. The van der Waals surface area contributed by atoms with Crippen LogP contribution in [0, 0.1) is 0 Å². The van der Waals surface area contributed by atoms with Crippen molar-refractivity contribution in [2.45, 2.75) is 0 Å². The lowest BCUT2D eigenvalue weighted by molar-refractivity contribution is 0.267. The average Bonchev–Trinajstić information content (AvgIpc) is 0.811. The zero-order valence-electron chi connectivity index (χ0n) is 2.75. The second-order valence-electron chi connectivity index (χ2n) is 0.338. The molecule has 0 bridgehead atoms. The van der Waals surface area contributed by atoms with Gasteiger partial charge in [0.05, 0.1) is 0 Å². The largest absolute Gasteiger partial charge is 0.361 e. The van der Waals surface area contributed by atoms with Gasteiger partial charge in [-0.25, -0.2) is 0 Å². The highest BCUT2D eigenvalue weighted by atomic mass is 127. The molecule has 0 aromatic heterocycles. The maximum absolute atomic E-state index is 9.09. The van der Waals surface area contributed by atoms with Gasteiger partial charge < -0.3 is 5.73 Å². The van der Waals surface area contributed by atoms with E-state index in [1.807, 2.05) is 0 Å². The van der Waals surface area contributed by atoms with Crippen molar-refractivity contribution < 1.29 is 4.79 Å². The van der Waals surface area contributed by atoms with E-state index < -0.39 is 5.24 Å². The van der Waals surface area contributed by atoms with Gasteiger partial charge in [0.1, 0.15) is 0 Å². The van der Waals surface area contributed by atoms with Gasteiger partial charge in [-0.3, -0.25) is 4.79 Å². The van der Waals surface area contributed by atoms with E-state index in [1.54, 1.807) is 0 Å². The number of hydrogen-bond donors (Lipinski definition) is 2. The quantitative estimate of drug-likeness (QED) is 0.483. The van der Waals surface area contributed by atoms with E-state index >= 15 is 0 Å². The summed E-state index contributed by atoms with van der Waals surface area (Å²) in [6, 6.07) is 0. The lowest BCUT2D eigenvalue weighted by Gasteiger charge is -1.58. The molecule has 0 rings (SSSR count). The van der Waals surface area contributed by atoms with Crippen LogP contribution in [0.2, 0.25) is 0 Å². The van der Waals surface area contributed by atoms with E-state index in [2.05, 4.69) is 18.4 Å². The predicted octanol–water partition coefficient (Wildman–Crippen LogP) is 1.03. The molecule has 0 aromatic rings. The van der Waals surface area contributed by atoms with E-state index in [4.69, 9.17) is 4.79 Å². The highest BCUT2D eigenvalue weighted by molar-refractivity contribution is 14.0. The predicted molar refractivity (Wildman–Crippen MR) is 41.2 cm³/mol. The molecule has 2 nitrogen and oxygen atoms in total. The molecule has 0 saturated heterocycles. The number of carbonyl (C=O) groups excluding carboxylic acids is 1. The molecular formula is CH5ClINOS. The molecule has 40 valence electrons. The van der Waals surface area contributed by atoms with Crippen LogP contribution in [0.25, 0.3) is 0 Å². The minimum atomic E-state index is -0.639. The molecule has 0 aliphatic rings. The van der Waals surface area contributed by atoms with Crippen molar-refractivity contribution in [1.82, 2.24) is 0 Å². The lowest BCUT2D eigenvalue weighted by Crippen LogP contribution is -1.95. The molecule has 6 heavy (non-hydrogen) atoms. The molecule has 0 heterocycles. The monoisotopic (exact) mass is 241 g/mol. The van der Waals surface area contributed by atoms with Crippen LogP contribution in [0.3, 0.4) is 0 Å². The van der Waals surface area contributed by atoms with E-state index in [9.17, 15) is 0 Å². The molecule has 0 radical (unpaired) electrons. The first-order valence-electron chi connectivity index (χ1n) is 0.716. The van der Waals surface area contributed by atoms with E-state index in [0.717, 1.165) is 0 Å². The third-order valence-electron chi connectivity index (χ3n) is 0. The van der Waals surface area contributed by atoms with Crippen molar-refractivity contribution in [3.63, 3.8) is 0 Å². The minimum Gasteiger partial charge on any atom is -0.361 e. The summed E-state index contributed by atoms with van der Waals surface area (Å²) in [5.74, 6) is 0. The fourth-order valence-corrected chi connectivity index (χ4v) is 0. The first kappa shape index (κ1) is 15.8. The molecule has 2 N–H and O–H groups in total. The Kier molecular flexibility index (Phi) is 24.5. The number of rotatable bonds is 0. The standard InChI is InChI=1S/CH3NOS.ClH.HI/c2-1(3)4;;/h(H3,2,3,4);2*1H. The SMILES string of the molecule is Cl.I.NC(=O)S. The molecule has 5 heteroatoms. The number of hydrogen-bond acceptors (Lipinski definition) is 1. The molecule has 0 spiro atoms. The minimum absolute atomic E-state index is 0. The van der Waals surface area contributed by atoms with E-state index in [0.29, 0.717) is 0 Å². The maximum atomic E-state index is 9.09. The van der Waals surface area contributed by atoms with Crippen LogP contribution in [0.15, 0.2) is 0 Å². The zero-order chi connectivity index (χ0) is 3.58. The van der Waals surface area contributed by atoms with E-state index in [-0.39, 0.29) is 36.4 Å². The van der Waals surface area contributed by atoms with Gasteiger partial charge in [-0.1, -0.05) is 12.6 Å². The smallest absolute Gasteiger partial charge is 0.273 e.